The molecule has 1 atom stereocenters. The van der Waals surface area contributed by atoms with Gasteiger partial charge in [0.2, 0.25) is 21.8 Å². The number of hydrogen-bond donors (Lipinski definition) is 2. The van der Waals surface area contributed by atoms with Crippen molar-refractivity contribution >= 4 is 50.6 Å². The average molecular weight is 618 g/mol. The molecule has 0 aliphatic heterocycles. The Bertz CT molecular complexity index is 1770. The Morgan fingerprint density at radius 2 is 1.63 bits per heavy atom. The molecule has 2 aromatic carbocycles. The quantitative estimate of drug-likeness (QED) is 0.272. The summed E-state index contributed by atoms with van der Waals surface area (Å²) in [6.45, 7) is 1.17. The van der Waals surface area contributed by atoms with Crippen LogP contribution >= 0.6 is 23.2 Å². The first kappa shape index (κ1) is 29.8. The second kappa shape index (κ2) is 12.6. The summed E-state index contributed by atoms with van der Waals surface area (Å²) in [5.41, 5.74) is -0.0732. The van der Waals surface area contributed by atoms with Gasteiger partial charge in [0.1, 0.15) is 11.6 Å². The lowest BCUT2D eigenvalue weighted by Gasteiger charge is -2.18. The fourth-order valence-electron chi connectivity index (χ4n) is 3.75. The molecule has 0 fully saturated rings. The molecular formula is C27H25Cl2N5O6S. The first-order valence-corrected chi connectivity index (χ1v) is 14.8. The summed E-state index contributed by atoms with van der Waals surface area (Å²) < 4.78 is 32.7. The monoisotopic (exact) mass is 617 g/mol. The number of ether oxygens (including phenoxy) is 1. The maximum Gasteiger partial charge on any atom is 0.332 e. The van der Waals surface area contributed by atoms with E-state index >= 15 is 0 Å². The van der Waals surface area contributed by atoms with Crippen molar-refractivity contribution in [3.8, 4) is 11.6 Å². The molecule has 0 aliphatic carbocycles. The largest absolute Gasteiger partial charge is 0.439 e. The van der Waals surface area contributed by atoms with Crippen LogP contribution in [0.25, 0.3) is 0 Å². The molecule has 0 unspecified atom stereocenters. The van der Waals surface area contributed by atoms with E-state index in [-0.39, 0.29) is 18.9 Å². The first-order valence-electron chi connectivity index (χ1n) is 12.2. The van der Waals surface area contributed by atoms with Crippen molar-refractivity contribution in [1.29, 1.82) is 0 Å². The number of sulfonamides is 1. The Morgan fingerprint density at radius 3 is 2.24 bits per heavy atom. The summed E-state index contributed by atoms with van der Waals surface area (Å²) in [5.74, 6) is -0.759. The van der Waals surface area contributed by atoms with Crippen LogP contribution in [0.5, 0.6) is 11.6 Å². The molecular weight excluding hydrogens is 593 g/mol. The molecule has 4 aromatic rings. The number of anilines is 2. The van der Waals surface area contributed by atoms with Crippen LogP contribution in [0.3, 0.4) is 0 Å². The third-order valence-corrected chi connectivity index (χ3v) is 6.82. The SMILES string of the molecule is C[C@@H](Cn1c(=O)cc(Nc2ccc(Oc3ccc(Cl)cn3)cc2)n(Cc2ccc(Cl)cc2)c1=O)C(=O)NS(C)(=O)=O. The number of carbonyl (C=O) groups is 1. The Hall–Kier alpha value is -4.13. The molecule has 2 heterocycles. The van der Waals surface area contributed by atoms with Gasteiger partial charge in [0.15, 0.2) is 0 Å². The number of hydrogen-bond acceptors (Lipinski definition) is 8. The summed E-state index contributed by atoms with van der Waals surface area (Å²) in [7, 11) is -3.81. The molecule has 0 saturated carbocycles. The zero-order chi connectivity index (χ0) is 29.7. The summed E-state index contributed by atoms with van der Waals surface area (Å²) in [5, 5.41) is 4.10. The maximum atomic E-state index is 13.6. The number of nitrogens with one attached hydrogen (secondary N) is 2. The Kier molecular flexibility index (Phi) is 9.16. The van der Waals surface area contributed by atoms with E-state index in [1.54, 1.807) is 60.7 Å². The molecule has 0 aliphatic rings. The minimum Gasteiger partial charge on any atom is -0.439 e. The van der Waals surface area contributed by atoms with E-state index in [4.69, 9.17) is 27.9 Å². The second-order valence-corrected chi connectivity index (χ2v) is 11.8. The maximum absolute atomic E-state index is 13.6. The van der Waals surface area contributed by atoms with Crippen molar-refractivity contribution in [2.24, 2.45) is 5.92 Å². The third kappa shape index (κ3) is 8.19. The molecule has 41 heavy (non-hydrogen) atoms. The van der Waals surface area contributed by atoms with Crippen molar-refractivity contribution in [2.45, 2.75) is 20.0 Å². The highest BCUT2D eigenvalue weighted by molar-refractivity contribution is 7.89. The van der Waals surface area contributed by atoms with Gasteiger partial charge in [-0.15, -0.1) is 0 Å². The highest BCUT2D eigenvalue weighted by Crippen LogP contribution is 2.24. The molecule has 2 aromatic heterocycles. The van der Waals surface area contributed by atoms with E-state index in [1.165, 1.54) is 23.8 Å². The van der Waals surface area contributed by atoms with E-state index in [2.05, 4.69) is 10.3 Å². The molecule has 11 nitrogen and oxygen atoms in total. The van der Waals surface area contributed by atoms with E-state index in [9.17, 15) is 22.8 Å². The first-order chi connectivity index (χ1) is 19.4. The highest BCUT2D eigenvalue weighted by Gasteiger charge is 2.21. The van der Waals surface area contributed by atoms with E-state index in [1.807, 2.05) is 4.72 Å². The lowest BCUT2D eigenvalue weighted by atomic mass is 10.1. The van der Waals surface area contributed by atoms with Gasteiger partial charge in [0.05, 0.1) is 23.7 Å². The van der Waals surface area contributed by atoms with Crippen LogP contribution in [-0.4, -0.2) is 34.7 Å². The van der Waals surface area contributed by atoms with Gasteiger partial charge in [-0.25, -0.2) is 18.2 Å². The summed E-state index contributed by atoms with van der Waals surface area (Å²) in [4.78, 5) is 43.0. The standard InChI is InChI=1S/C27H25Cl2N5O6S/c1-17(26(36)32-41(2,38)39)15-34-25(35)13-23(33(27(34)37)16-18-3-5-19(28)6-4-18)31-21-8-10-22(11-9-21)40-24-12-7-20(29)14-30-24/h3-14,17,31H,15-16H2,1-2H3,(H,32,36)/t17-/m0/s1. The number of rotatable bonds is 10. The lowest BCUT2D eigenvalue weighted by Crippen LogP contribution is -2.44. The fourth-order valence-corrected chi connectivity index (χ4v) is 4.55. The number of benzene rings is 2. The summed E-state index contributed by atoms with van der Waals surface area (Å²) in [6, 6.07) is 18.1. The van der Waals surface area contributed by atoms with Gasteiger partial charge >= 0.3 is 5.69 Å². The third-order valence-electron chi connectivity index (χ3n) is 5.77. The van der Waals surface area contributed by atoms with Crippen LogP contribution in [-0.2, 0) is 27.9 Å². The second-order valence-electron chi connectivity index (χ2n) is 9.18. The Morgan fingerprint density at radius 1 is 0.976 bits per heavy atom. The lowest BCUT2D eigenvalue weighted by molar-refractivity contribution is -0.123. The van der Waals surface area contributed by atoms with Gasteiger partial charge in [-0.3, -0.25) is 23.4 Å². The molecule has 0 radical (unpaired) electrons. The van der Waals surface area contributed by atoms with Crippen molar-refractivity contribution in [3.05, 3.63) is 109 Å². The predicted molar refractivity (Wildman–Crippen MR) is 157 cm³/mol. The minimum absolute atomic E-state index is 0.0754. The van der Waals surface area contributed by atoms with Gasteiger partial charge in [-0.05, 0) is 48.0 Å². The van der Waals surface area contributed by atoms with Gasteiger partial charge in [-0.2, -0.15) is 0 Å². The molecule has 0 spiro atoms. The van der Waals surface area contributed by atoms with Crippen LogP contribution in [0.15, 0.2) is 82.5 Å². The molecule has 214 valence electrons. The number of carbonyl (C=O) groups excluding carboxylic acids is 1. The highest BCUT2D eigenvalue weighted by atomic mass is 35.5. The smallest absolute Gasteiger partial charge is 0.332 e. The zero-order valence-electron chi connectivity index (χ0n) is 21.9. The molecule has 1 amide bonds. The van der Waals surface area contributed by atoms with Crippen molar-refractivity contribution < 1.29 is 17.9 Å². The van der Waals surface area contributed by atoms with E-state index < -0.39 is 33.1 Å². The van der Waals surface area contributed by atoms with Gasteiger partial charge in [-0.1, -0.05) is 42.3 Å². The Labute approximate surface area is 245 Å². The normalized spacial score (nSPS) is 12.0. The number of nitrogens with zero attached hydrogens (tertiary/aromatic N) is 3. The van der Waals surface area contributed by atoms with E-state index in [0.29, 0.717) is 27.4 Å². The predicted octanol–water partition coefficient (Wildman–Crippen LogP) is 4.01. The van der Waals surface area contributed by atoms with E-state index in [0.717, 1.165) is 16.4 Å². The van der Waals surface area contributed by atoms with Crippen LogP contribution < -0.4 is 26.0 Å². The van der Waals surface area contributed by atoms with Crippen LogP contribution in [0.1, 0.15) is 12.5 Å². The van der Waals surface area contributed by atoms with Crippen LogP contribution in [0.4, 0.5) is 11.5 Å². The summed E-state index contributed by atoms with van der Waals surface area (Å²) >= 11 is 11.9. The molecule has 4 rings (SSSR count). The number of aromatic nitrogens is 3. The van der Waals surface area contributed by atoms with Crippen molar-refractivity contribution in [3.63, 3.8) is 0 Å². The van der Waals surface area contributed by atoms with Crippen LogP contribution in [0, 0.1) is 5.92 Å². The van der Waals surface area contributed by atoms with Gasteiger partial charge in [0.25, 0.3) is 5.56 Å². The number of halogens is 2. The van der Waals surface area contributed by atoms with Crippen molar-refractivity contribution in [1.82, 2.24) is 18.8 Å². The molecule has 0 saturated heterocycles. The van der Waals surface area contributed by atoms with Gasteiger partial charge < -0.3 is 10.1 Å². The minimum atomic E-state index is -3.81. The topological polar surface area (TPSA) is 141 Å². The zero-order valence-corrected chi connectivity index (χ0v) is 24.2. The van der Waals surface area contributed by atoms with Crippen LogP contribution in [0.2, 0.25) is 10.0 Å². The molecule has 0 bridgehead atoms. The summed E-state index contributed by atoms with van der Waals surface area (Å²) in [6.07, 6.45) is 2.31. The fraction of sp³-hybridized carbons (Fsp3) is 0.185. The van der Waals surface area contributed by atoms with Gasteiger partial charge in [0, 0.05) is 35.6 Å². The Balaban J connectivity index is 1.64. The average Bonchev–Trinajstić information content (AvgIpc) is 2.91. The number of amides is 1. The number of pyridine rings is 1. The van der Waals surface area contributed by atoms with Crippen molar-refractivity contribution in [2.75, 3.05) is 11.6 Å². The molecule has 14 heteroatoms. The molecule has 2 N–H and O–H groups in total.